The summed E-state index contributed by atoms with van der Waals surface area (Å²) in [5.41, 5.74) is 3.66. The van der Waals surface area contributed by atoms with E-state index in [2.05, 4.69) is 11.6 Å². The summed E-state index contributed by atoms with van der Waals surface area (Å²) in [6.07, 6.45) is 0.229. The SMILES string of the molecule is C=C(C)CN1C(=O)C(CC)Oc2ccc(-c3csc(C)n3)cc21. The third-order valence-electron chi connectivity index (χ3n) is 3.77. The summed E-state index contributed by atoms with van der Waals surface area (Å²) >= 11 is 1.62. The van der Waals surface area contributed by atoms with Crippen LogP contribution in [0.5, 0.6) is 5.75 Å². The summed E-state index contributed by atoms with van der Waals surface area (Å²) in [4.78, 5) is 19.0. The molecular weight excluding hydrogens is 308 g/mol. The number of carbonyl (C=O) groups is 1. The normalized spacial score (nSPS) is 16.9. The number of thiazole rings is 1. The first-order chi connectivity index (χ1) is 11.0. The van der Waals surface area contributed by atoms with Crippen LogP contribution >= 0.6 is 11.3 Å². The molecule has 3 rings (SSSR count). The zero-order valence-electron chi connectivity index (χ0n) is 13.6. The third-order valence-corrected chi connectivity index (χ3v) is 4.55. The molecule has 1 aliphatic heterocycles. The maximum absolute atomic E-state index is 12.7. The van der Waals surface area contributed by atoms with Gasteiger partial charge in [0.25, 0.3) is 5.91 Å². The van der Waals surface area contributed by atoms with Crippen molar-refractivity contribution in [1.29, 1.82) is 0 Å². The molecule has 1 aliphatic rings. The predicted molar refractivity (Wildman–Crippen MR) is 94.2 cm³/mol. The molecular formula is C18H20N2O2S. The van der Waals surface area contributed by atoms with Crippen molar-refractivity contribution in [1.82, 2.24) is 4.98 Å². The largest absolute Gasteiger partial charge is 0.478 e. The topological polar surface area (TPSA) is 42.4 Å². The average molecular weight is 328 g/mol. The van der Waals surface area contributed by atoms with Gasteiger partial charge >= 0.3 is 0 Å². The lowest BCUT2D eigenvalue weighted by atomic mass is 10.1. The molecule has 1 aromatic carbocycles. The number of anilines is 1. The number of benzene rings is 1. The van der Waals surface area contributed by atoms with Crippen molar-refractivity contribution in [2.75, 3.05) is 11.4 Å². The van der Waals surface area contributed by atoms with Crippen molar-refractivity contribution in [2.24, 2.45) is 0 Å². The van der Waals surface area contributed by atoms with E-state index in [0.29, 0.717) is 13.0 Å². The van der Waals surface area contributed by atoms with Crippen LogP contribution in [-0.4, -0.2) is 23.5 Å². The van der Waals surface area contributed by atoms with E-state index < -0.39 is 6.10 Å². The van der Waals surface area contributed by atoms with Gasteiger partial charge in [-0.05, 0) is 38.5 Å². The maximum atomic E-state index is 12.7. The zero-order chi connectivity index (χ0) is 16.6. The number of carbonyl (C=O) groups excluding carboxylic acids is 1. The summed E-state index contributed by atoms with van der Waals surface area (Å²) in [5.74, 6) is 0.739. The molecule has 1 amide bonds. The van der Waals surface area contributed by atoms with E-state index in [9.17, 15) is 4.79 Å². The highest BCUT2D eigenvalue weighted by Gasteiger charge is 2.33. The maximum Gasteiger partial charge on any atom is 0.268 e. The van der Waals surface area contributed by atoms with Gasteiger partial charge in [0.15, 0.2) is 6.10 Å². The Hall–Kier alpha value is -2.14. The molecule has 1 unspecified atom stereocenters. The second kappa shape index (κ2) is 6.16. The zero-order valence-corrected chi connectivity index (χ0v) is 14.4. The fourth-order valence-electron chi connectivity index (χ4n) is 2.67. The van der Waals surface area contributed by atoms with E-state index >= 15 is 0 Å². The number of hydrogen-bond donors (Lipinski definition) is 0. The third kappa shape index (κ3) is 3.01. The molecule has 0 N–H and O–H groups in total. The minimum Gasteiger partial charge on any atom is -0.478 e. The second-order valence-electron chi connectivity index (χ2n) is 5.83. The highest BCUT2D eigenvalue weighted by atomic mass is 32.1. The van der Waals surface area contributed by atoms with Crippen LogP contribution in [0.15, 0.2) is 35.7 Å². The van der Waals surface area contributed by atoms with Crippen molar-refractivity contribution in [3.05, 3.63) is 40.7 Å². The van der Waals surface area contributed by atoms with Crippen LogP contribution in [0.25, 0.3) is 11.3 Å². The Morgan fingerprint density at radius 3 is 2.87 bits per heavy atom. The van der Waals surface area contributed by atoms with Gasteiger partial charge in [0.05, 0.1) is 16.4 Å². The Morgan fingerprint density at radius 1 is 1.48 bits per heavy atom. The first-order valence-corrected chi connectivity index (χ1v) is 8.56. The van der Waals surface area contributed by atoms with Gasteiger partial charge in [0.1, 0.15) is 5.75 Å². The van der Waals surface area contributed by atoms with E-state index in [1.807, 2.05) is 44.4 Å². The molecule has 2 heterocycles. The van der Waals surface area contributed by atoms with E-state index in [-0.39, 0.29) is 5.91 Å². The first-order valence-electron chi connectivity index (χ1n) is 7.68. The molecule has 120 valence electrons. The number of hydrogen-bond acceptors (Lipinski definition) is 4. The number of aromatic nitrogens is 1. The van der Waals surface area contributed by atoms with E-state index in [1.165, 1.54) is 0 Å². The Kier molecular flexibility index (Phi) is 4.22. The summed E-state index contributed by atoms with van der Waals surface area (Å²) < 4.78 is 5.86. The van der Waals surface area contributed by atoms with Crippen molar-refractivity contribution >= 4 is 22.9 Å². The van der Waals surface area contributed by atoms with Crippen LogP contribution in [0, 0.1) is 6.92 Å². The van der Waals surface area contributed by atoms with Gasteiger partial charge in [-0.25, -0.2) is 4.98 Å². The number of rotatable bonds is 4. The molecule has 1 atom stereocenters. The van der Waals surface area contributed by atoms with Crippen LogP contribution in [0.4, 0.5) is 5.69 Å². The van der Waals surface area contributed by atoms with Gasteiger partial charge in [0, 0.05) is 17.5 Å². The molecule has 0 fully saturated rings. The highest BCUT2D eigenvalue weighted by molar-refractivity contribution is 7.09. The van der Waals surface area contributed by atoms with Crippen LogP contribution in [0.3, 0.4) is 0 Å². The van der Waals surface area contributed by atoms with Crippen LogP contribution in [-0.2, 0) is 4.79 Å². The van der Waals surface area contributed by atoms with Crippen molar-refractivity contribution in [2.45, 2.75) is 33.3 Å². The van der Waals surface area contributed by atoms with Gasteiger partial charge in [0.2, 0.25) is 0 Å². The minimum atomic E-state index is -0.422. The first kappa shape index (κ1) is 15.7. The second-order valence-corrected chi connectivity index (χ2v) is 6.89. The molecule has 0 saturated carbocycles. The van der Waals surface area contributed by atoms with Gasteiger partial charge in [-0.2, -0.15) is 0 Å². The van der Waals surface area contributed by atoms with Gasteiger partial charge in [-0.3, -0.25) is 4.79 Å². The summed E-state index contributed by atoms with van der Waals surface area (Å²) in [5, 5.41) is 3.05. The predicted octanol–water partition coefficient (Wildman–Crippen LogP) is 4.20. The van der Waals surface area contributed by atoms with Gasteiger partial charge in [-0.1, -0.05) is 19.1 Å². The number of nitrogens with zero attached hydrogens (tertiary/aromatic N) is 2. The van der Waals surface area contributed by atoms with Crippen molar-refractivity contribution < 1.29 is 9.53 Å². The summed E-state index contributed by atoms with van der Waals surface area (Å²) in [6, 6.07) is 5.91. The van der Waals surface area contributed by atoms with Crippen LogP contribution in [0.1, 0.15) is 25.3 Å². The summed E-state index contributed by atoms with van der Waals surface area (Å²) in [7, 11) is 0. The molecule has 0 spiro atoms. The molecule has 0 aliphatic carbocycles. The Labute approximate surface area is 140 Å². The average Bonchev–Trinajstić information content (AvgIpc) is 2.95. The number of amides is 1. The molecule has 0 bridgehead atoms. The number of ether oxygens (including phenoxy) is 1. The fourth-order valence-corrected chi connectivity index (χ4v) is 3.29. The van der Waals surface area contributed by atoms with Gasteiger partial charge < -0.3 is 9.64 Å². The molecule has 0 radical (unpaired) electrons. The minimum absolute atomic E-state index is 0.00499. The smallest absolute Gasteiger partial charge is 0.268 e. The molecule has 4 nitrogen and oxygen atoms in total. The lowest BCUT2D eigenvalue weighted by molar-refractivity contribution is -0.126. The van der Waals surface area contributed by atoms with E-state index in [1.54, 1.807) is 16.2 Å². The monoisotopic (exact) mass is 328 g/mol. The van der Waals surface area contributed by atoms with Crippen molar-refractivity contribution in [3.8, 4) is 17.0 Å². The Morgan fingerprint density at radius 2 is 2.26 bits per heavy atom. The van der Waals surface area contributed by atoms with Crippen LogP contribution < -0.4 is 9.64 Å². The lowest BCUT2D eigenvalue weighted by Crippen LogP contribution is -2.46. The van der Waals surface area contributed by atoms with Gasteiger partial charge in [-0.15, -0.1) is 11.3 Å². The summed E-state index contributed by atoms with van der Waals surface area (Å²) in [6.45, 7) is 10.3. The molecule has 0 saturated heterocycles. The quantitative estimate of drug-likeness (QED) is 0.790. The fraction of sp³-hybridized carbons (Fsp3) is 0.333. The Balaban J connectivity index is 2.06. The van der Waals surface area contributed by atoms with Crippen molar-refractivity contribution in [3.63, 3.8) is 0 Å². The lowest BCUT2D eigenvalue weighted by Gasteiger charge is -2.34. The van der Waals surface area contributed by atoms with Crippen LogP contribution in [0.2, 0.25) is 0 Å². The highest BCUT2D eigenvalue weighted by Crippen LogP contribution is 2.38. The molecule has 5 heteroatoms. The molecule has 2 aromatic rings. The van der Waals surface area contributed by atoms with E-state index in [4.69, 9.17) is 4.74 Å². The number of fused-ring (bicyclic) bond motifs is 1. The number of aryl methyl sites for hydroxylation is 1. The molecule has 1 aromatic heterocycles. The molecule has 23 heavy (non-hydrogen) atoms. The Bertz CT molecular complexity index is 766. The van der Waals surface area contributed by atoms with E-state index in [0.717, 1.165) is 33.3 Å². The standard InChI is InChI=1S/C18H20N2O2S/c1-5-16-18(21)20(9-11(2)3)15-8-13(6-7-17(15)22-16)14-10-23-12(4)19-14/h6-8,10,16H,2,5,9H2,1,3-4H3.